The van der Waals surface area contributed by atoms with Crippen LogP contribution < -0.4 is 9.88 Å². The second kappa shape index (κ2) is 8.41. The molecule has 1 aromatic heterocycles. The van der Waals surface area contributed by atoms with Crippen LogP contribution >= 0.6 is 11.6 Å². The van der Waals surface area contributed by atoms with E-state index in [2.05, 4.69) is 14.8 Å². The van der Waals surface area contributed by atoms with Gasteiger partial charge >= 0.3 is 0 Å². The van der Waals surface area contributed by atoms with Gasteiger partial charge in [0.05, 0.1) is 12.8 Å². The molecule has 2 heterocycles. The lowest BCUT2D eigenvalue weighted by atomic mass is 10.3. The molecule has 1 aliphatic heterocycles. The summed E-state index contributed by atoms with van der Waals surface area (Å²) in [6.07, 6.45) is 1.04. The van der Waals surface area contributed by atoms with E-state index in [1.54, 1.807) is 0 Å². The highest BCUT2D eigenvalue weighted by atomic mass is 35.5. The molecule has 2 rings (SSSR count). The van der Waals surface area contributed by atoms with Gasteiger partial charge in [-0.15, -0.1) is 0 Å². The molecule has 10 heteroatoms. The van der Waals surface area contributed by atoms with Crippen molar-refractivity contribution in [1.29, 1.82) is 0 Å². The molecule has 0 unspecified atom stereocenters. The number of aromatic nitrogens is 1. The molecule has 2 N–H and O–H groups in total. The first-order valence-corrected chi connectivity index (χ1v) is 9.48. The number of halogens is 1. The van der Waals surface area contributed by atoms with E-state index in [1.165, 1.54) is 6.07 Å². The van der Waals surface area contributed by atoms with Crippen molar-refractivity contribution in [2.24, 2.45) is 5.14 Å². The molecule has 0 bridgehead atoms. The van der Waals surface area contributed by atoms with Crippen molar-refractivity contribution in [1.82, 2.24) is 14.8 Å². The number of rotatable bonds is 7. The maximum Gasteiger partial charge on any atom is 0.239 e. The van der Waals surface area contributed by atoms with Gasteiger partial charge in [0, 0.05) is 26.2 Å². The van der Waals surface area contributed by atoms with Crippen LogP contribution in [-0.2, 0) is 14.8 Å². The van der Waals surface area contributed by atoms with E-state index in [1.807, 2.05) is 14.1 Å². The van der Waals surface area contributed by atoms with E-state index >= 15 is 0 Å². The van der Waals surface area contributed by atoms with Gasteiger partial charge in [-0.25, -0.2) is 18.5 Å². The van der Waals surface area contributed by atoms with Crippen LogP contribution in [0.1, 0.15) is 0 Å². The molecule has 136 valence electrons. The number of hydrogen-bond donors (Lipinski definition) is 1. The summed E-state index contributed by atoms with van der Waals surface area (Å²) >= 11 is 6.00. The monoisotopic (exact) mass is 378 g/mol. The molecular formula is C14H23ClN4O4S. The molecule has 0 amide bonds. The van der Waals surface area contributed by atoms with Gasteiger partial charge in [-0.2, -0.15) is 0 Å². The van der Waals surface area contributed by atoms with E-state index in [0.29, 0.717) is 13.2 Å². The molecule has 1 fully saturated rings. The largest absolute Gasteiger partial charge is 0.474 e. The summed E-state index contributed by atoms with van der Waals surface area (Å²) in [5.41, 5.74) is 0. The molecule has 1 saturated heterocycles. The fraction of sp³-hybridized carbons (Fsp3) is 0.643. The predicted molar refractivity (Wildman–Crippen MR) is 90.8 cm³/mol. The maximum absolute atomic E-state index is 11.3. The van der Waals surface area contributed by atoms with Crippen molar-refractivity contribution in [2.75, 3.05) is 53.5 Å². The van der Waals surface area contributed by atoms with Crippen LogP contribution in [0.25, 0.3) is 0 Å². The fourth-order valence-corrected chi connectivity index (χ4v) is 3.03. The Hall–Kier alpha value is -0.970. The number of nitrogens with zero attached hydrogens (tertiary/aromatic N) is 3. The molecule has 0 aromatic carbocycles. The van der Waals surface area contributed by atoms with Gasteiger partial charge < -0.3 is 14.4 Å². The zero-order valence-corrected chi connectivity index (χ0v) is 15.4. The number of hydrogen-bond acceptors (Lipinski definition) is 7. The zero-order chi connectivity index (χ0) is 17.7. The minimum absolute atomic E-state index is 0.0864. The molecule has 8 nitrogen and oxygen atoms in total. The number of pyridine rings is 1. The summed E-state index contributed by atoms with van der Waals surface area (Å²) in [6, 6.07) is 1.23. The summed E-state index contributed by atoms with van der Waals surface area (Å²) in [4.78, 5) is 8.22. The summed E-state index contributed by atoms with van der Waals surface area (Å²) < 4.78 is 33.8. The Labute approximate surface area is 147 Å². The first-order valence-electron chi connectivity index (χ1n) is 7.55. The first-order chi connectivity index (χ1) is 11.3. The van der Waals surface area contributed by atoms with Crippen molar-refractivity contribution >= 4 is 21.6 Å². The summed E-state index contributed by atoms with van der Waals surface area (Å²) in [7, 11) is 0.247. The van der Waals surface area contributed by atoms with Crippen LogP contribution in [0.15, 0.2) is 17.2 Å². The van der Waals surface area contributed by atoms with Crippen LogP contribution in [0.5, 0.6) is 5.88 Å². The lowest BCUT2D eigenvalue weighted by molar-refractivity contribution is -0.0494. The minimum Gasteiger partial charge on any atom is -0.474 e. The molecule has 0 spiro atoms. The van der Waals surface area contributed by atoms with E-state index in [9.17, 15) is 8.42 Å². The zero-order valence-electron chi connectivity index (χ0n) is 13.8. The van der Waals surface area contributed by atoms with E-state index in [-0.39, 0.29) is 21.9 Å². The Kier molecular flexibility index (Phi) is 6.79. The average molecular weight is 379 g/mol. The number of ether oxygens (including phenoxy) is 2. The molecule has 1 atom stereocenters. The highest BCUT2D eigenvalue weighted by Crippen LogP contribution is 2.24. The third kappa shape index (κ3) is 5.83. The number of likely N-dealkylation sites (N-methyl/N-ethyl adjacent to an activating group) is 1. The lowest BCUT2D eigenvalue weighted by Gasteiger charge is -2.33. The highest BCUT2D eigenvalue weighted by molar-refractivity contribution is 7.89. The lowest BCUT2D eigenvalue weighted by Crippen LogP contribution is -2.46. The molecule has 1 aromatic rings. The van der Waals surface area contributed by atoms with Gasteiger partial charge in [0.25, 0.3) is 0 Å². The molecular weight excluding hydrogens is 356 g/mol. The van der Waals surface area contributed by atoms with Gasteiger partial charge in [-0.3, -0.25) is 4.90 Å². The summed E-state index contributed by atoms with van der Waals surface area (Å²) in [6.45, 7) is 4.55. The van der Waals surface area contributed by atoms with Gasteiger partial charge in [-0.05, 0) is 20.2 Å². The molecule has 24 heavy (non-hydrogen) atoms. The summed E-state index contributed by atoms with van der Waals surface area (Å²) in [5.74, 6) is 0.165. The van der Waals surface area contributed by atoms with E-state index < -0.39 is 10.0 Å². The molecule has 1 aliphatic rings. The molecule has 0 saturated carbocycles. The van der Waals surface area contributed by atoms with Gasteiger partial charge in [-0.1, -0.05) is 11.6 Å². The smallest absolute Gasteiger partial charge is 0.239 e. The fourth-order valence-electron chi connectivity index (χ4n) is 2.27. The summed E-state index contributed by atoms with van der Waals surface area (Å²) in [5, 5.41) is 5.13. The van der Waals surface area contributed by atoms with Crippen molar-refractivity contribution in [3.8, 4) is 5.88 Å². The van der Waals surface area contributed by atoms with Crippen LogP contribution in [-0.4, -0.2) is 82.8 Å². The van der Waals surface area contributed by atoms with Crippen LogP contribution in [0.4, 0.5) is 0 Å². The average Bonchev–Trinajstić information content (AvgIpc) is 2.51. The van der Waals surface area contributed by atoms with Crippen molar-refractivity contribution in [2.45, 2.75) is 11.0 Å². The Morgan fingerprint density at radius 1 is 1.54 bits per heavy atom. The van der Waals surface area contributed by atoms with Gasteiger partial charge in [0.1, 0.15) is 22.6 Å². The van der Waals surface area contributed by atoms with Crippen LogP contribution in [0.3, 0.4) is 0 Å². The standard InChI is InChI=1S/C14H23ClN4O4S/c1-18(2)3-4-19-5-6-22-11(9-19)10-23-14-13(15)7-12(8-17-14)24(16,20)21/h7-8,11H,3-6,9-10H2,1-2H3,(H2,16,20,21)/t11-/m0/s1. The Bertz CT molecular complexity index is 656. The van der Waals surface area contributed by atoms with Crippen molar-refractivity contribution in [3.05, 3.63) is 17.3 Å². The second-order valence-electron chi connectivity index (χ2n) is 5.91. The predicted octanol–water partition coefficient (Wildman–Crippen LogP) is 0.0236. The SMILES string of the molecule is CN(C)CCN1CCO[C@H](COc2ncc(S(N)(=O)=O)cc2Cl)C1. The third-order valence-electron chi connectivity index (χ3n) is 3.60. The Morgan fingerprint density at radius 2 is 2.29 bits per heavy atom. The highest BCUT2D eigenvalue weighted by Gasteiger charge is 2.22. The quantitative estimate of drug-likeness (QED) is 0.714. The minimum atomic E-state index is -3.84. The Balaban J connectivity index is 1.88. The number of sulfonamides is 1. The topological polar surface area (TPSA) is 98.0 Å². The van der Waals surface area contributed by atoms with Crippen molar-refractivity contribution in [3.63, 3.8) is 0 Å². The van der Waals surface area contributed by atoms with Gasteiger partial charge in [0.2, 0.25) is 15.9 Å². The third-order valence-corrected chi connectivity index (χ3v) is 4.75. The number of nitrogens with two attached hydrogens (primary N) is 1. The van der Waals surface area contributed by atoms with Crippen molar-refractivity contribution < 1.29 is 17.9 Å². The van der Waals surface area contributed by atoms with E-state index in [4.69, 9.17) is 26.2 Å². The van der Waals surface area contributed by atoms with E-state index in [0.717, 1.165) is 32.4 Å². The van der Waals surface area contributed by atoms with Crippen LogP contribution in [0, 0.1) is 0 Å². The van der Waals surface area contributed by atoms with Gasteiger partial charge in [0.15, 0.2) is 0 Å². The Morgan fingerprint density at radius 3 is 2.92 bits per heavy atom. The maximum atomic E-state index is 11.3. The van der Waals surface area contributed by atoms with Crippen LogP contribution in [0.2, 0.25) is 5.02 Å². The second-order valence-corrected chi connectivity index (χ2v) is 7.88. The molecule has 0 aliphatic carbocycles. The molecule has 0 radical (unpaired) electrons. The number of morpholine rings is 1. The normalized spacial score (nSPS) is 19.6. The number of primary sulfonamides is 1. The first kappa shape index (κ1) is 19.4.